The SMILES string of the molecule is COc1cccc(C(=O)Nc2cccc(C(C)Sc3ncccc3N)c2)c1OC. The van der Waals surface area contributed by atoms with Gasteiger partial charge in [-0.05, 0) is 48.9 Å². The van der Waals surface area contributed by atoms with E-state index in [1.165, 1.54) is 14.2 Å². The number of para-hydroxylation sites is 1. The van der Waals surface area contributed by atoms with Crippen LogP contribution in [0.3, 0.4) is 0 Å². The molecule has 3 aromatic rings. The summed E-state index contributed by atoms with van der Waals surface area (Å²) >= 11 is 1.57. The Bertz CT molecular complexity index is 1010. The van der Waals surface area contributed by atoms with Gasteiger partial charge in [0, 0.05) is 17.1 Å². The molecule has 0 saturated carbocycles. The van der Waals surface area contributed by atoms with E-state index in [0.717, 1.165) is 10.6 Å². The summed E-state index contributed by atoms with van der Waals surface area (Å²) in [5, 5.41) is 3.83. The predicted octanol–water partition coefficient (Wildman–Crippen LogP) is 4.79. The van der Waals surface area contributed by atoms with Gasteiger partial charge in [0.2, 0.25) is 0 Å². The zero-order valence-corrected chi connectivity index (χ0v) is 17.3. The Morgan fingerprint density at radius 1 is 1.10 bits per heavy atom. The summed E-state index contributed by atoms with van der Waals surface area (Å²) < 4.78 is 10.6. The number of rotatable bonds is 7. The lowest BCUT2D eigenvalue weighted by Crippen LogP contribution is -2.13. The van der Waals surface area contributed by atoms with Crippen LogP contribution in [0.15, 0.2) is 65.8 Å². The van der Waals surface area contributed by atoms with Gasteiger partial charge in [-0.3, -0.25) is 4.79 Å². The molecule has 0 aliphatic heterocycles. The van der Waals surface area contributed by atoms with Crippen LogP contribution in [-0.4, -0.2) is 25.1 Å². The van der Waals surface area contributed by atoms with Crippen molar-refractivity contribution in [2.75, 3.05) is 25.3 Å². The van der Waals surface area contributed by atoms with Gasteiger partial charge in [-0.25, -0.2) is 4.98 Å². The molecule has 1 amide bonds. The minimum absolute atomic E-state index is 0.107. The van der Waals surface area contributed by atoms with Crippen LogP contribution in [-0.2, 0) is 0 Å². The molecule has 0 spiro atoms. The first-order chi connectivity index (χ1) is 14.0. The largest absolute Gasteiger partial charge is 0.493 e. The molecule has 0 radical (unpaired) electrons. The molecule has 6 nitrogen and oxygen atoms in total. The monoisotopic (exact) mass is 409 g/mol. The maximum atomic E-state index is 12.8. The van der Waals surface area contributed by atoms with E-state index in [4.69, 9.17) is 15.2 Å². The normalized spacial score (nSPS) is 11.6. The standard InChI is InChI=1S/C22H23N3O3S/c1-14(29-22-18(23)10-6-12-24-22)15-7-4-8-16(13-15)25-21(26)17-9-5-11-19(27-2)20(17)28-3/h4-14H,23H2,1-3H3,(H,25,26). The molecule has 1 unspecified atom stereocenters. The van der Waals surface area contributed by atoms with Crippen LogP contribution in [0.25, 0.3) is 0 Å². The minimum Gasteiger partial charge on any atom is -0.493 e. The molecule has 2 aromatic carbocycles. The first-order valence-corrected chi connectivity index (χ1v) is 9.91. The number of thioether (sulfide) groups is 1. The number of pyridine rings is 1. The Labute approximate surface area is 174 Å². The summed E-state index contributed by atoms with van der Waals surface area (Å²) in [6.07, 6.45) is 1.73. The number of nitrogens with two attached hydrogens (primary N) is 1. The number of carbonyl (C=O) groups excluding carboxylic acids is 1. The molecular formula is C22H23N3O3S. The van der Waals surface area contributed by atoms with Crippen molar-refractivity contribution in [1.82, 2.24) is 4.98 Å². The van der Waals surface area contributed by atoms with Crippen molar-refractivity contribution >= 4 is 29.0 Å². The number of nitrogen functional groups attached to an aromatic ring is 1. The molecule has 0 aliphatic carbocycles. The fourth-order valence-corrected chi connectivity index (χ4v) is 3.81. The van der Waals surface area contributed by atoms with Gasteiger partial charge in [0.25, 0.3) is 5.91 Å². The quantitative estimate of drug-likeness (QED) is 0.546. The third kappa shape index (κ3) is 4.81. The highest BCUT2D eigenvalue weighted by molar-refractivity contribution is 7.99. The maximum Gasteiger partial charge on any atom is 0.259 e. The third-order valence-electron chi connectivity index (χ3n) is 4.35. The molecular weight excluding hydrogens is 386 g/mol. The zero-order chi connectivity index (χ0) is 20.8. The van der Waals surface area contributed by atoms with E-state index >= 15 is 0 Å². The van der Waals surface area contributed by atoms with E-state index in [2.05, 4.69) is 17.2 Å². The van der Waals surface area contributed by atoms with Crippen LogP contribution in [0.5, 0.6) is 11.5 Å². The Morgan fingerprint density at radius 3 is 2.62 bits per heavy atom. The van der Waals surface area contributed by atoms with Crippen molar-refractivity contribution in [3.8, 4) is 11.5 Å². The van der Waals surface area contributed by atoms with Gasteiger partial charge in [0.1, 0.15) is 5.03 Å². The predicted molar refractivity (Wildman–Crippen MR) is 117 cm³/mol. The molecule has 1 atom stereocenters. The van der Waals surface area contributed by atoms with E-state index in [1.807, 2.05) is 36.4 Å². The molecule has 0 saturated heterocycles. The number of benzene rings is 2. The molecule has 3 rings (SSSR count). The fraction of sp³-hybridized carbons (Fsp3) is 0.182. The van der Waals surface area contributed by atoms with Crippen LogP contribution in [0.4, 0.5) is 11.4 Å². The van der Waals surface area contributed by atoms with Crippen molar-refractivity contribution in [2.24, 2.45) is 0 Å². The number of nitrogens with one attached hydrogen (secondary N) is 1. The topological polar surface area (TPSA) is 86.5 Å². The van der Waals surface area contributed by atoms with E-state index in [1.54, 1.807) is 36.2 Å². The van der Waals surface area contributed by atoms with Crippen molar-refractivity contribution in [3.63, 3.8) is 0 Å². The van der Waals surface area contributed by atoms with Crippen molar-refractivity contribution < 1.29 is 14.3 Å². The molecule has 1 heterocycles. The lowest BCUT2D eigenvalue weighted by Gasteiger charge is -2.15. The zero-order valence-electron chi connectivity index (χ0n) is 16.5. The molecule has 0 bridgehead atoms. The molecule has 1 aromatic heterocycles. The summed E-state index contributed by atoms with van der Waals surface area (Å²) in [5.41, 5.74) is 8.80. The van der Waals surface area contributed by atoms with Crippen molar-refractivity contribution in [1.29, 1.82) is 0 Å². The summed E-state index contributed by atoms with van der Waals surface area (Å²) in [4.78, 5) is 17.1. The molecule has 3 N–H and O–H groups in total. The van der Waals surface area contributed by atoms with Crippen LogP contribution >= 0.6 is 11.8 Å². The van der Waals surface area contributed by atoms with E-state index in [0.29, 0.717) is 28.4 Å². The first-order valence-electron chi connectivity index (χ1n) is 9.03. The summed E-state index contributed by atoms with van der Waals surface area (Å²) in [6.45, 7) is 2.07. The number of hydrogen-bond donors (Lipinski definition) is 2. The van der Waals surface area contributed by atoms with Crippen molar-refractivity contribution in [2.45, 2.75) is 17.2 Å². The molecule has 7 heteroatoms. The maximum absolute atomic E-state index is 12.8. The van der Waals surface area contributed by atoms with E-state index in [-0.39, 0.29) is 11.2 Å². The Balaban J connectivity index is 1.78. The first kappa shape index (κ1) is 20.5. The molecule has 0 aliphatic rings. The number of hydrogen-bond acceptors (Lipinski definition) is 6. The highest BCUT2D eigenvalue weighted by Gasteiger charge is 2.17. The second kappa shape index (κ2) is 9.34. The van der Waals surface area contributed by atoms with Crippen LogP contribution in [0.1, 0.15) is 28.1 Å². The number of methoxy groups -OCH3 is 2. The number of ether oxygens (including phenoxy) is 2. The van der Waals surface area contributed by atoms with Crippen LogP contribution in [0, 0.1) is 0 Å². The Kier molecular flexibility index (Phi) is 6.61. The Morgan fingerprint density at radius 2 is 1.90 bits per heavy atom. The van der Waals surface area contributed by atoms with E-state index in [9.17, 15) is 4.79 Å². The van der Waals surface area contributed by atoms with Crippen LogP contribution in [0.2, 0.25) is 0 Å². The van der Waals surface area contributed by atoms with E-state index < -0.39 is 0 Å². The van der Waals surface area contributed by atoms with Gasteiger partial charge >= 0.3 is 0 Å². The third-order valence-corrected chi connectivity index (χ3v) is 5.54. The number of aromatic nitrogens is 1. The van der Waals surface area contributed by atoms with Gasteiger partial charge < -0.3 is 20.5 Å². The Hall–Kier alpha value is -3.19. The van der Waals surface area contributed by atoms with Crippen LogP contribution < -0.4 is 20.5 Å². The number of amides is 1. The lowest BCUT2D eigenvalue weighted by atomic mass is 10.1. The van der Waals surface area contributed by atoms with Gasteiger partial charge in [-0.15, -0.1) is 0 Å². The summed E-state index contributed by atoms with van der Waals surface area (Å²) in [6, 6.07) is 16.6. The summed E-state index contributed by atoms with van der Waals surface area (Å²) in [7, 11) is 3.05. The summed E-state index contributed by atoms with van der Waals surface area (Å²) in [5.74, 6) is 0.636. The fourth-order valence-electron chi connectivity index (χ4n) is 2.87. The average molecular weight is 410 g/mol. The van der Waals surface area contributed by atoms with Crippen molar-refractivity contribution in [3.05, 3.63) is 71.9 Å². The van der Waals surface area contributed by atoms with Gasteiger partial charge in [-0.1, -0.05) is 30.0 Å². The minimum atomic E-state index is -0.271. The van der Waals surface area contributed by atoms with Gasteiger partial charge in [0.15, 0.2) is 11.5 Å². The smallest absolute Gasteiger partial charge is 0.259 e. The number of nitrogens with zero attached hydrogens (tertiary/aromatic N) is 1. The highest BCUT2D eigenvalue weighted by Crippen LogP contribution is 2.37. The highest BCUT2D eigenvalue weighted by atomic mass is 32.2. The average Bonchev–Trinajstić information content (AvgIpc) is 2.74. The second-order valence-electron chi connectivity index (χ2n) is 6.28. The lowest BCUT2D eigenvalue weighted by molar-refractivity contribution is 0.102. The molecule has 0 fully saturated rings. The molecule has 29 heavy (non-hydrogen) atoms. The number of carbonyl (C=O) groups is 1. The molecule has 150 valence electrons. The number of anilines is 2. The van der Waals surface area contributed by atoms with Gasteiger partial charge in [0.05, 0.1) is 25.5 Å². The second-order valence-corrected chi connectivity index (χ2v) is 7.61. The van der Waals surface area contributed by atoms with Gasteiger partial charge in [-0.2, -0.15) is 0 Å².